The van der Waals surface area contributed by atoms with Crippen LogP contribution in [0.5, 0.6) is 11.5 Å². The summed E-state index contributed by atoms with van der Waals surface area (Å²) in [5.74, 6) is -0.341. The van der Waals surface area contributed by atoms with Crippen molar-refractivity contribution in [1.82, 2.24) is 10.2 Å². The van der Waals surface area contributed by atoms with Crippen LogP contribution in [0.15, 0.2) is 90.4 Å². The number of benzene rings is 3. The van der Waals surface area contributed by atoms with Gasteiger partial charge in [-0.3, -0.25) is 10.1 Å². The number of rotatable bonds is 9. The second-order valence-electron chi connectivity index (χ2n) is 6.49. The summed E-state index contributed by atoms with van der Waals surface area (Å²) in [4.78, 5) is 10.6. The third-order valence-electron chi connectivity index (χ3n) is 4.31. The maximum Gasteiger partial charge on any atom is 0.457 e. The summed E-state index contributed by atoms with van der Waals surface area (Å²) in [5, 5.41) is 22.3. The summed E-state index contributed by atoms with van der Waals surface area (Å²) in [6.45, 7) is 0. The molecule has 0 aliphatic rings. The van der Waals surface area contributed by atoms with Gasteiger partial charge in [0.15, 0.2) is 5.78 Å². The Hall–Kier alpha value is -3.75. The Balaban J connectivity index is 1.79. The number of anilines is 1. The van der Waals surface area contributed by atoms with Crippen LogP contribution in [0.25, 0.3) is 0 Å². The number of nitro groups is 1. The van der Waals surface area contributed by atoms with E-state index in [1.165, 1.54) is 41.1 Å². The molecule has 0 fully saturated rings. The normalized spacial score (nSPS) is 12.0. The van der Waals surface area contributed by atoms with Crippen LogP contribution >= 0.6 is 18.9 Å². The zero-order valence-corrected chi connectivity index (χ0v) is 18.2. The molecule has 4 aromatic rings. The molecular weight excluding hydrogens is 451 g/mol. The second kappa shape index (κ2) is 9.59. The molecule has 4 rings (SSSR count). The van der Waals surface area contributed by atoms with Gasteiger partial charge in [0.05, 0.1) is 4.92 Å². The van der Waals surface area contributed by atoms with Crippen molar-refractivity contribution in [1.29, 1.82) is 0 Å². The molecule has 9 nitrogen and oxygen atoms in total. The van der Waals surface area contributed by atoms with Crippen molar-refractivity contribution in [2.24, 2.45) is 0 Å². The van der Waals surface area contributed by atoms with E-state index < -0.39 is 18.3 Å². The zero-order chi connectivity index (χ0) is 22.4. The summed E-state index contributed by atoms with van der Waals surface area (Å²) < 4.78 is 26.2. The SMILES string of the molecule is O=[N+]([O-])c1ccc(C(Nc2nncs2)P(=O)(Oc2ccccc2)Oc2ccccc2)cc1. The Morgan fingerprint density at radius 2 is 1.47 bits per heavy atom. The fraction of sp³-hybridized carbons (Fsp3) is 0.0476. The van der Waals surface area contributed by atoms with Gasteiger partial charge in [-0.1, -0.05) is 47.7 Å². The molecule has 162 valence electrons. The van der Waals surface area contributed by atoms with E-state index in [1.54, 1.807) is 48.5 Å². The molecule has 1 heterocycles. The van der Waals surface area contributed by atoms with Crippen molar-refractivity contribution in [2.75, 3.05) is 5.32 Å². The van der Waals surface area contributed by atoms with E-state index in [-0.39, 0.29) is 5.69 Å². The van der Waals surface area contributed by atoms with E-state index in [2.05, 4.69) is 15.5 Å². The molecule has 0 aliphatic carbocycles. The summed E-state index contributed by atoms with van der Waals surface area (Å²) in [7, 11) is -4.02. The lowest BCUT2D eigenvalue weighted by molar-refractivity contribution is -0.384. The lowest BCUT2D eigenvalue weighted by Gasteiger charge is -2.28. The summed E-state index contributed by atoms with van der Waals surface area (Å²) in [6, 6.07) is 23.0. The van der Waals surface area contributed by atoms with Crippen LogP contribution in [0.1, 0.15) is 11.3 Å². The second-order valence-corrected chi connectivity index (χ2v) is 9.28. The standard InChI is InChI=1S/C21H17N4O5PS/c26-25(27)17-13-11-16(12-14-17)20(23-21-24-22-15-32-21)31(28,29-18-7-3-1-4-8-18)30-19-9-5-2-6-10-19/h1-15,20H,(H,23,24). The Morgan fingerprint density at radius 3 is 1.94 bits per heavy atom. The average molecular weight is 468 g/mol. The summed E-state index contributed by atoms with van der Waals surface area (Å²) >= 11 is 1.21. The molecule has 0 spiro atoms. The molecule has 1 unspecified atom stereocenters. The number of para-hydroxylation sites is 2. The highest BCUT2D eigenvalue weighted by Gasteiger charge is 2.41. The van der Waals surface area contributed by atoms with Crippen molar-refractivity contribution in [2.45, 2.75) is 5.78 Å². The first-order valence-electron chi connectivity index (χ1n) is 9.39. The molecule has 0 saturated heterocycles. The number of aromatic nitrogens is 2. The van der Waals surface area contributed by atoms with E-state index >= 15 is 0 Å². The number of hydrogen-bond donors (Lipinski definition) is 1. The maximum absolute atomic E-state index is 14.3. The fourth-order valence-electron chi connectivity index (χ4n) is 2.86. The van der Waals surface area contributed by atoms with Gasteiger partial charge in [0.25, 0.3) is 5.69 Å². The predicted octanol–water partition coefficient (Wildman–Crippen LogP) is 5.91. The average Bonchev–Trinajstić information content (AvgIpc) is 3.32. The molecule has 0 bridgehead atoms. The molecule has 1 N–H and O–H groups in total. The summed E-state index contributed by atoms with van der Waals surface area (Å²) in [5.41, 5.74) is 1.89. The van der Waals surface area contributed by atoms with Crippen LogP contribution in [0, 0.1) is 10.1 Å². The number of nitrogens with one attached hydrogen (secondary N) is 1. The van der Waals surface area contributed by atoms with E-state index in [0.717, 1.165) is 0 Å². The molecule has 0 radical (unpaired) electrons. The fourth-order valence-corrected chi connectivity index (χ4v) is 5.32. The van der Waals surface area contributed by atoms with Crippen LogP contribution in [-0.4, -0.2) is 15.1 Å². The van der Waals surface area contributed by atoms with Gasteiger partial charge in [0, 0.05) is 12.1 Å². The van der Waals surface area contributed by atoms with Crippen molar-refractivity contribution >= 4 is 29.8 Å². The molecule has 1 aromatic heterocycles. The minimum Gasteiger partial charge on any atom is -0.414 e. The third-order valence-corrected chi connectivity index (χ3v) is 6.92. The first-order chi connectivity index (χ1) is 15.5. The smallest absolute Gasteiger partial charge is 0.414 e. The van der Waals surface area contributed by atoms with Gasteiger partial charge in [-0.15, -0.1) is 10.2 Å². The number of nitro benzene ring substituents is 1. The highest BCUT2D eigenvalue weighted by molar-refractivity contribution is 7.55. The lowest BCUT2D eigenvalue weighted by atomic mass is 10.2. The van der Waals surface area contributed by atoms with Gasteiger partial charge in [-0.05, 0) is 42.0 Å². The summed E-state index contributed by atoms with van der Waals surface area (Å²) in [6.07, 6.45) is 0. The Kier molecular flexibility index (Phi) is 6.44. The van der Waals surface area contributed by atoms with Crippen LogP contribution < -0.4 is 14.4 Å². The number of nitrogens with zero attached hydrogens (tertiary/aromatic N) is 3. The van der Waals surface area contributed by atoms with Gasteiger partial charge < -0.3 is 14.4 Å². The minimum absolute atomic E-state index is 0.0915. The maximum atomic E-state index is 14.3. The van der Waals surface area contributed by atoms with Crippen molar-refractivity contribution in [3.05, 3.63) is 106 Å². The highest BCUT2D eigenvalue weighted by Crippen LogP contribution is 2.60. The number of hydrogen-bond acceptors (Lipinski definition) is 9. The lowest BCUT2D eigenvalue weighted by Crippen LogP contribution is -2.18. The van der Waals surface area contributed by atoms with Gasteiger partial charge in [0.1, 0.15) is 17.0 Å². The third kappa shape index (κ3) is 5.11. The Bertz CT molecular complexity index is 1160. The van der Waals surface area contributed by atoms with Crippen LogP contribution in [-0.2, 0) is 4.57 Å². The quantitative estimate of drug-likeness (QED) is 0.183. The van der Waals surface area contributed by atoms with Gasteiger partial charge in [-0.25, -0.2) is 4.57 Å². The van der Waals surface area contributed by atoms with Crippen LogP contribution in [0.4, 0.5) is 10.8 Å². The van der Waals surface area contributed by atoms with E-state index in [9.17, 15) is 14.7 Å². The molecular formula is C21H17N4O5PS. The Labute approximate surface area is 187 Å². The highest BCUT2D eigenvalue weighted by atomic mass is 32.1. The van der Waals surface area contributed by atoms with Gasteiger partial charge >= 0.3 is 7.60 Å². The molecule has 0 amide bonds. The van der Waals surface area contributed by atoms with Gasteiger partial charge in [0.2, 0.25) is 5.13 Å². The van der Waals surface area contributed by atoms with E-state index in [1.807, 2.05) is 12.1 Å². The molecule has 32 heavy (non-hydrogen) atoms. The topological polar surface area (TPSA) is 116 Å². The van der Waals surface area contributed by atoms with Crippen molar-refractivity contribution in [3.63, 3.8) is 0 Å². The van der Waals surface area contributed by atoms with Gasteiger partial charge in [-0.2, -0.15) is 0 Å². The largest absolute Gasteiger partial charge is 0.457 e. The van der Waals surface area contributed by atoms with Crippen molar-refractivity contribution < 1.29 is 18.5 Å². The first kappa shape index (κ1) is 21.5. The molecule has 0 aliphatic heterocycles. The van der Waals surface area contributed by atoms with E-state index in [0.29, 0.717) is 22.2 Å². The molecule has 11 heteroatoms. The van der Waals surface area contributed by atoms with Crippen LogP contribution in [0.3, 0.4) is 0 Å². The van der Waals surface area contributed by atoms with Crippen molar-refractivity contribution in [3.8, 4) is 11.5 Å². The molecule has 0 saturated carbocycles. The number of non-ortho nitro benzene ring substituents is 1. The first-order valence-corrected chi connectivity index (χ1v) is 11.9. The van der Waals surface area contributed by atoms with Crippen LogP contribution in [0.2, 0.25) is 0 Å². The monoisotopic (exact) mass is 468 g/mol. The minimum atomic E-state index is -4.02. The predicted molar refractivity (Wildman–Crippen MR) is 121 cm³/mol. The molecule has 3 aromatic carbocycles. The Morgan fingerprint density at radius 1 is 0.906 bits per heavy atom. The zero-order valence-electron chi connectivity index (χ0n) is 16.5. The van der Waals surface area contributed by atoms with E-state index in [4.69, 9.17) is 9.05 Å². The molecule has 1 atom stereocenters.